The molecule has 1 heterocycles. The van der Waals surface area contributed by atoms with Crippen molar-refractivity contribution in [2.45, 2.75) is 11.2 Å². The summed E-state index contributed by atoms with van der Waals surface area (Å²) in [7, 11) is 0. The Morgan fingerprint density at radius 1 is 0.706 bits per heavy atom. The van der Waals surface area contributed by atoms with E-state index in [9.17, 15) is 0 Å². The molecule has 0 saturated carbocycles. The second-order valence-corrected chi connectivity index (χ2v) is 5.28. The van der Waals surface area contributed by atoms with Gasteiger partial charge in [0.1, 0.15) is 0 Å². The van der Waals surface area contributed by atoms with Crippen LogP contribution in [-0.2, 0) is 0 Å². The Kier molecular flexibility index (Phi) is 3.02. The van der Waals surface area contributed by atoms with Gasteiger partial charge < -0.3 is 0 Å². The normalized spacial score (nSPS) is 22.8. The third-order valence-corrected chi connectivity index (χ3v) is 4.32. The van der Waals surface area contributed by atoms with Crippen LogP contribution in [0.1, 0.15) is 22.3 Å². The molecule has 0 radical (unpaired) electrons. The summed E-state index contributed by atoms with van der Waals surface area (Å²) in [5, 5.41) is 2.76. The fourth-order valence-corrected chi connectivity index (χ4v) is 3.45. The Labute approximate surface area is 106 Å². The summed E-state index contributed by atoms with van der Waals surface area (Å²) >= 11 is 1.92. The first kappa shape index (κ1) is 10.7. The minimum Gasteiger partial charge on any atom is -0.125 e. The molecule has 0 saturated heterocycles. The highest BCUT2D eigenvalue weighted by Crippen LogP contribution is 2.47. The Morgan fingerprint density at radius 3 is 1.94 bits per heavy atom. The van der Waals surface area contributed by atoms with Gasteiger partial charge in [-0.1, -0.05) is 66.7 Å². The van der Waals surface area contributed by atoms with Gasteiger partial charge in [-0.25, -0.2) is 0 Å². The Balaban J connectivity index is 1.93. The van der Waals surface area contributed by atoms with E-state index < -0.39 is 0 Å². The molecule has 84 valence electrons. The number of allylic oxidation sites excluding steroid dienone is 1. The lowest BCUT2D eigenvalue weighted by Crippen LogP contribution is -2.02. The van der Waals surface area contributed by atoms with Gasteiger partial charge in [0.15, 0.2) is 0 Å². The molecule has 2 aromatic carbocycles. The van der Waals surface area contributed by atoms with Crippen LogP contribution in [0.25, 0.3) is 0 Å². The van der Waals surface area contributed by atoms with E-state index in [-0.39, 0.29) is 0 Å². The van der Waals surface area contributed by atoms with Crippen LogP contribution >= 0.6 is 11.8 Å². The molecule has 2 unspecified atom stereocenters. The lowest BCUT2D eigenvalue weighted by atomic mass is 9.92. The largest absolute Gasteiger partial charge is 0.125 e. The van der Waals surface area contributed by atoms with E-state index in [0.717, 1.165) is 0 Å². The summed E-state index contributed by atoms with van der Waals surface area (Å²) in [6, 6.07) is 21.5. The number of hydrogen-bond donors (Lipinski definition) is 0. The highest BCUT2D eigenvalue weighted by Gasteiger charge is 2.26. The third kappa shape index (κ3) is 2.16. The maximum Gasteiger partial charge on any atom is 0.0441 e. The maximum atomic E-state index is 2.32. The van der Waals surface area contributed by atoms with E-state index in [4.69, 9.17) is 0 Å². The molecule has 0 aromatic heterocycles. The molecular formula is C16H14S. The Hall–Kier alpha value is -1.47. The lowest BCUT2D eigenvalue weighted by Gasteiger charge is -2.19. The maximum absolute atomic E-state index is 2.32. The molecule has 0 bridgehead atoms. The topological polar surface area (TPSA) is 0 Å². The average Bonchev–Trinajstić information content (AvgIpc) is 2.90. The molecular weight excluding hydrogens is 224 g/mol. The summed E-state index contributed by atoms with van der Waals surface area (Å²) in [6.45, 7) is 0. The van der Waals surface area contributed by atoms with Crippen LogP contribution in [0.3, 0.4) is 0 Å². The van der Waals surface area contributed by atoms with Crippen LogP contribution in [0.15, 0.2) is 72.1 Å². The van der Waals surface area contributed by atoms with Crippen molar-refractivity contribution in [2.24, 2.45) is 0 Å². The predicted molar refractivity (Wildman–Crippen MR) is 75.1 cm³/mol. The van der Waals surface area contributed by atoms with E-state index in [1.165, 1.54) is 11.1 Å². The van der Waals surface area contributed by atoms with E-state index in [0.29, 0.717) is 11.2 Å². The highest BCUT2D eigenvalue weighted by molar-refractivity contribution is 8.02. The second-order valence-electron chi connectivity index (χ2n) is 4.23. The van der Waals surface area contributed by atoms with Crippen molar-refractivity contribution in [3.63, 3.8) is 0 Å². The van der Waals surface area contributed by atoms with Crippen LogP contribution in [0.2, 0.25) is 0 Å². The van der Waals surface area contributed by atoms with Crippen molar-refractivity contribution >= 4 is 11.8 Å². The molecule has 0 nitrogen and oxygen atoms in total. The molecule has 17 heavy (non-hydrogen) atoms. The molecule has 0 aliphatic carbocycles. The van der Waals surface area contributed by atoms with Crippen LogP contribution < -0.4 is 0 Å². The smallest absolute Gasteiger partial charge is 0.0441 e. The van der Waals surface area contributed by atoms with Gasteiger partial charge in [0.05, 0.1) is 0 Å². The molecule has 1 aliphatic rings. The summed E-state index contributed by atoms with van der Waals surface area (Å²) in [6.07, 6.45) is 2.32. The van der Waals surface area contributed by atoms with E-state index in [1.807, 2.05) is 11.8 Å². The molecule has 1 heteroatoms. The minimum atomic E-state index is 0.503. The zero-order valence-corrected chi connectivity index (χ0v) is 10.3. The van der Waals surface area contributed by atoms with Gasteiger partial charge in [0.25, 0.3) is 0 Å². The molecule has 2 aromatic rings. The van der Waals surface area contributed by atoms with Crippen LogP contribution in [0, 0.1) is 0 Å². The Morgan fingerprint density at radius 2 is 1.29 bits per heavy atom. The number of hydrogen-bond acceptors (Lipinski definition) is 1. The SMILES string of the molecule is C1=CC(c2ccccc2)C(c2ccccc2)S1. The Bertz CT molecular complexity index is 502. The van der Waals surface area contributed by atoms with E-state index in [1.54, 1.807) is 0 Å². The van der Waals surface area contributed by atoms with Crippen molar-refractivity contribution in [3.8, 4) is 0 Å². The molecule has 0 fully saturated rings. The zero-order valence-electron chi connectivity index (χ0n) is 9.49. The monoisotopic (exact) mass is 238 g/mol. The van der Waals surface area contributed by atoms with Crippen molar-refractivity contribution in [3.05, 3.63) is 83.3 Å². The molecule has 3 rings (SSSR count). The van der Waals surface area contributed by atoms with Gasteiger partial charge in [-0.2, -0.15) is 0 Å². The zero-order chi connectivity index (χ0) is 11.5. The fraction of sp³-hybridized carbons (Fsp3) is 0.125. The predicted octanol–water partition coefficient (Wildman–Crippen LogP) is 4.77. The number of benzene rings is 2. The van der Waals surface area contributed by atoms with E-state index >= 15 is 0 Å². The number of rotatable bonds is 2. The van der Waals surface area contributed by atoms with Crippen LogP contribution in [0.5, 0.6) is 0 Å². The van der Waals surface area contributed by atoms with Crippen LogP contribution in [-0.4, -0.2) is 0 Å². The quantitative estimate of drug-likeness (QED) is 0.726. The minimum absolute atomic E-state index is 0.503. The second kappa shape index (κ2) is 4.80. The lowest BCUT2D eigenvalue weighted by molar-refractivity contribution is 0.830. The van der Waals surface area contributed by atoms with Gasteiger partial charge >= 0.3 is 0 Å². The first-order chi connectivity index (χ1) is 8.45. The standard InChI is InChI=1S/C16H14S/c1-3-7-13(8-4-1)15-11-12-17-16(15)14-9-5-2-6-10-14/h1-12,15-16H. The van der Waals surface area contributed by atoms with Gasteiger partial charge in [-0.15, -0.1) is 11.8 Å². The fourth-order valence-electron chi connectivity index (χ4n) is 2.29. The van der Waals surface area contributed by atoms with Gasteiger partial charge in [0, 0.05) is 11.2 Å². The van der Waals surface area contributed by atoms with E-state index in [2.05, 4.69) is 72.1 Å². The first-order valence-corrected chi connectivity index (χ1v) is 6.81. The molecule has 0 N–H and O–H groups in total. The molecule has 1 aliphatic heterocycles. The van der Waals surface area contributed by atoms with Crippen molar-refractivity contribution in [1.29, 1.82) is 0 Å². The highest BCUT2D eigenvalue weighted by atomic mass is 32.2. The number of thioether (sulfide) groups is 1. The van der Waals surface area contributed by atoms with Gasteiger partial charge in [-0.3, -0.25) is 0 Å². The van der Waals surface area contributed by atoms with Crippen molar-refractivity contribution < 1.29 is 0 Å². The average molecular weight is 238 g/mol. The van der Waals surface area contributed by atoms with Gasteiger partial charge in [-0.05, 0) is 16.5 Å². The summed E-state index contributed by atoms with van der Waals surface area (Å²) < 4.78 is 0. The molecule has 2 atom stereocenters. The molecule has 0 spiro atoms. The van der Waals surface area contributed by atoms with Crippen molar-refractivity contribution in [1.82, 2.24) is 0 Å². The summed E-state index contributed by atoms with van der Waals surface area (Å²) in [5.74, 6) is 0.503. The van der Waals surface area contributed by atoms with Crippen LogP contribution in [0.4, 0.5) is 0 Å². The van der Waals surface area contributed by atoms with Gasteiger partial charge in [0.2, 0.25) is 0 Å². The third-order valence-electron chi connectivity index (χ3n) is 3.15. The van der Waals surface area contributed by atoms with Crippen molar-refractivity contribution in [2.75, 3.05) is 0 Å². The molecule has 0 amide bonds. The summed E-state index contributed by atoms with van der Waals surface area (Å²) in [4.78, 5) is 0. The first-order valence-electron chi connectivity index (χ1n) is 5.87. The summed E-state index contributed by atoms with van der Waals surface area (Å²) in [5.41, 5.74) is 2.82.